The molecular formula is C18H32N2. The van der Waals surface area contributed by atoms with Gasteiger partial charge in [0.1, 0.15) is 0 Å². The Morgan fingerprint density at radius 1 is 1.10 bits per heavy atom. The second-order valence-corrected chi connectivity index (χ2v) is 6.00. The zero-order valence-corrected chi connectivity index (χ0v) is 13.9. The van der Waals surface area contributed by atoms with Crippen LogP contribution in [0.25, 0.3) is 0 Å². The second-order valence-electron chi connectivity index (χ2n) is 6.00. The van der Waals surface area contributed by atoms with Crippen LogP contribution < -0.4 is 5.32 Å². The van der Waals surface area contributed by atoms with Crippen LogP contribution in [-0.4, -0.2) is 31.1 Å². The molecule has 0 aliphatic carbocycles. The van der Waals surface area contributed by atoms with Gasteiger partial charge in [0.2, 0.25) is 0 Å². The van der Waals surface area contributed by atoms with Gasteiger partial charge in [-0.3, -0.25) is 4.90 Å². The van der Waals surface area contributed by atoms with Crippen molar-refractivity contribution in [2.75, 3.05) is 20.1 Å². The third-order valence-corrected chi connectivity index (χ3v) is 4.14. The van der Waals surface area contributed by atoms with Gasteiger partial charge in [0.25, 0.3) is 0 Å². The van der Waals surface area contributed by atoms with Crippen molar-refractivity contribution in [1.82, 2.24) is 10.2 Å². The van der Waals surface area contributed by atoms with Gasteiger partial charge < -0.3 is 5.32 Å². The molecule has 2 heteroatoms. The van der Waals surface area contributed by atoms with Gasteiger partial charge in [-0.1, -0.05) is 51.5 Å². The fraction of sp³-hybridized carbons (Fsp3) is 0.667. The first-order chi connectivity index (χ1) is 9.58. The van der Waals surface area contributed by atoms with E-state index in [1.807, 2.05) is 0 Å². The highest BCUT2D eigenvalue weighted by Gasteiger charge is 2.09. The normalized spacial score (nSPS) is 14.5. The molecule has 114 valence electrons. The summed E-state index contributed by atoms with van der Waals surface area (Å²) in [6, 6.07) is 9.80. The summed E-state index contributed by atoms with van der Waals surface area (Å²) in [5, 5.41) is 3.41. The van der Waals surface area contributed by atoms with Crippen molar-refractivity contribution in [3.8, 4) is 0 Å². The third-order valence-electron chi connectivity index (χ3n) is 4.14. The maximum atomic E-state index is 3.41. The van der Waals surface area contributed by atoms with Gasteiger partial charge in [-0.05, 0) is 44.0 Å². The Morgan fingerprint density at radius 3 is 2.30 bits per heavy atom. The Morgan fingerprint density at radius 2 is 1.75 bits per heavy atom. The van der Waals surface area contributed by atoms with E-state index in [1.54, 1.807) is 0 Å². The summed E-state index contributed by atoms with van der Waals surface area (Å²) in [5.41, 5.74) is 2.84. The first kappa shape index (κ1) is 17.2. The first-order valence-electron chi connectivity index (χ1n) is 8.08. The summed E-state index contributed by atoms with van der Waals surface area (Å²) >= 11 is 0. The number of hydrogen-bond donors (Lipinski definition) is 1. The van der Waals surface area contributed by atoms with Crippen LogP contribution in [0.15, 0.2) is 24.3 Å². The first-order valence-corrected chi connectivity index (χ1v) is 8.08. The highest BCUT2D eigenvalue weighted by Crippen LogP contribution is 2.16. The molecule has 2 nitrogen and oxygen atoms in total. The lowest BCUT2D eigenvalue weighted by molar-refractivity contribution is 0.237. The number of hydrogen-bond acceptors (Lipinski definition) is 2. The van der Waals surface area contributed by atoms with Crippen LogP contribution in [-0.2, 0) is 6.54 Å². The summed E-state index contributed by atoms with van der Waals surface area (Å²) in [6.45, 7) is 12.2. The van der Waals surface area contributed by atoms with Crippen molar-refractivity contribution >= 4 is 0 Å². The molecule has 0 aromatic heterocycles. The molecule has 0 saturated heterocycles. The van der Waals surface area contributed by atoms with Gasteiger partial charge in [-0.15, -0.1) is 0 Å². The number of nitrogens with zero attached hydrogens (tertiary/aromatic N) is 1. The lowest BCUT2D eigenvalue weighted by Crippen LogP contribution is -2.28. The Hall–Kier alpha value is -0.860. The Bertz CT molecular complexity index is 358. The zero-order valence-electron chi connectivity index (χ0n) is 13.9. The summed E-state index contributed by atoms with van der Waals surface area (Å²) in [4.78, 5) is 2.45. The van der Waals surface area contributed by atoms with E-state index in [4.69, 9.17) is 0 Å². The summed E-state index contributed by atoms with van der Waals surface area (Å²) in [7, 11) is 2.22. The molecule has 0 heterocycles. The van der Waals surface area contributed by atoms with E-state index in [-0.39, 0.29) is 0 Å². The topological polar surface area (TPSA) is 15.3 Å². The zero-order chi connectivity index (χ0) is 15.0. The predicted molar refractivity (Wildman–Crippen MR) is 89.2 cm³/mol. The quantitative estimate of drug-likeness (QED) is 0.733. The molecule has 0 bridgehead atoms. The van der Waals surface area contributed by atoms with E-state index < -0.39 is 0 Å². The molecule has 1 N–H and O–H groups in total. The van der Waals surface area contributed by atoms with Crippen LogP contribution in [0.4, 0.5) is 0 Å². The molecule has 1 aromatic carbocycles. The second kappa shape index (κ2) is 9.15. The monoisotopic (exact) mass is 276 g/mol. The van der Waals surface area contributed by atoms with Gasteiger partial charge in [-0.25, -0.2) is 0 Å². The van der Waals surface area contributed by atoms with E-state index >= 15 is 0 Å². The van der Waals surface area contributed by atoms with Gasteiger partial charge >= 0.3 is 0 Å². The van der Waals surface area contributed by atoms with E-state index in [0.717, 1.165) is 19.6 Å². The minimum absolute atomic E-state index is 0.584. The van der Waals surface area contributed by atoms with Crippen LogP contribution >= 0.6 is 0 Å². The highest BCUT2D eigenvalue weighted by molar-refractivity contribution is 5.25. The lowest BCUT2D eigenvalue weighted by atomic mass is 9.99. The van der Waals surface area contributed by atoms with Crippen molar-refractivity contribution in [3.05, 3.63) is 35.4 Å². The molecule has 0 aliphatic heterocycles. The highest BCUT2D eigenvalue weighted by atomic mass is 15.1. The molecule has 2 unspecified atom stereocenters. The molecule has 0 radical (unpaired) electrons. The van der Waals surface area contributed by atoms with Crippen molar-refractivity contribution in [2.45, 2.75) is 59.0 Å². The standard InChI is InChI=1S/C18H32N2/c1-6-8-16(4)20(5)14-17-9-11-18(12-10-17)15(3)13-19-7-2/h9-12,15-16,19H,6-8,13-14H2,1-5H3. The van der Waals surface area contributed by atoms with Crippen molar-refractivity contribution < 1.29 is 0 Å². The van der Waals surface area contributed by atoms with Crippen LogP contribution in [0.2, 0.25) is 0 Å². The molecule has 20 heavy (non-hydrogen) atoms. The Labute approximate surface area is 125 Å². The molecule has 0 saturated carbocycles. The maximum absolute atomic E-state index is 3.41. The summed E-state index contributed by atoms with van der Waals surface area (Å²) in [5.74, 6) is 0.584. The predicted octanol–water partition coefficient (Wildman–Crippen LogP) is 4.02. The van der Waals surface area contributed by atoms with Crippen molar-refractivity contribution in [3.63, 3.8) is 0 Å². The van der Waals surface area contributed by atoms with E-state index in [9.17, 15) is 0 Å². The van der Waals surface area contributed by atoms with Gasteiger partial charge in [0, 0.05) is 19.1 Å². The number of nitrogens with one attached hydrogen (secondary N) is 1. The van der Waals surface area contributed by atoms with Crippen LogP contribution in [0.5, 0.6) is 0 Å². The van der Waals surface area contributed by atoms with Crippen molar-refractivity contribution in [2.24, 2.45) is 0 Å². The smallest absolute Gasteiger partial charge is 0.0233 e. The van der Waals surface area contributed by atoms with E-state index in [0.29, 0.717) is 12.0 Å². The van der Waals surface area contributed by atoms with Crippen LogP contribution in [0.3, 0.4) is 0 Å². The van der Waals surface area contributed by atoms with Crippen LogP contribution in [0.1, 0.15) is 57.6 Å². The minimum Gasteiger partial charge on any atom is -0.316 e. The molecule has 0 amide bonds. The molecule has 1 rings (SSSR count). The van der Waals surface area contributed by atoms with Crippen LogP contribution in [0, 0.1) is 0 Å². The summed E-state index contributed by atoms with van der Waals surface area (Å²) < 4.78 is 0. The molecule has 0 aliphatic rings. The number of benzene rings is 1. The SMILES string of the molecule is CCCC(C)N(C)Cc1ccc(C(C)CNCC)cc1. The van der Waals surface area contributed by atoms with Gasteiger partial charge in [0.05, 0.1) is 0 Å². The fourth-order valence-electron chi connectivity index (χ4n) is 2.51. The fourth-order valence-corrected chi connectivity index (χ4v) is 2.51. The molecule has 2 atom stereocenters. The van der Waals surface area contributed by atoms with Gasteiger partial charge in [0.15, 0.2) is 0 Å². The number of rotatable bonds is 9. The lowest BCUT2D eigenvalue weighted by Gasteiger charge is -2.24. The molecule has 1 aromatic rings. The average Bonchev–Trinajstić information content (AvgIpc) is 2.45. The molecule has 0 spiro atoms. The minimum atomic E-state index is 0.584. The number of likely N-dealkylation sites (N-methyl/N-ethyl adjacent to an activating group) is 1. The Kier molecular flexibility index (Phi) is 7.86. The van der Waals surface area contributed by atoms with E-state index in [1.165, 1.54) is 24.0 Å². The largest absolute Gasteiger partial charge is 0.316 e. The third kappa shape index (κ3) is 5.64. The Balaban J connectivity index is 2.53. The van der Waals surface area contributed by atoms with E-state index in [2.05, 4.69) is 69.2 Å². The molecule has 0 fully saturated rings. The van der Waals surface area contributed by atoms with Crippen molar-refractivity contribution in [1.29, 1.82) is 0 Å². The molecular weight excluding hydrogens is 244 g/mol. The van der Waals surface area contributed by atoms with Gasteiger partial charge in [-0.2, -0.15) is 0 Å². The maximum Gasteiger partial charge on any atom is 0.0233 e. The average molecular weight is 276 g/mol. The summed E-state index contributed by atoms with van der Waals surface area (Å²) in [6.07, 6.45) is 2.53.